The van der Waals surface area contributed by atoms with Crippen molar-refractivity contribution in [3.05, 3.63) is 35.9 Å². The molecule has 0 spiro atoms. The third kappa shape index (κ3) is 2.56. The van der Waals surface area contributed by atoms with E-state index in [4.69, 9.17) is 4.74 Å². The molecule has 3 heteroatoms. The molecule has 2 aliphatic heterocycles. The molecule has 1 aromatic rings. The minimum absolute atomic E-state index is 0.251. The van der Waals surface area contributed by atoms with Crippen molar-refractivity contribution in [1.82, 2.24) is 4.90 Å². The minimum atomic E-state index is 0.251. The fourth-order valence-electron chi connectivity index (χ4n) is 4.60. The molecule has 22 heavy (non-hydrogen) atoms. The molecular weight excluding hydrogens is 274 g/mol. The number of hydrogen-bond acceptors (Lipinski definition) is 2. The van der Waals surface area contributed by atoms with E-state index < -0.39 is 0 Å². The van der Waals surface area contributed by atoms with Crippen molar-refractivity contribution in [2.75, 3.05) is 13.2 Å². The molecule has 0 aromatic heterocycles. The Hall–Kier alpha value is -1.35. The van der Waals surface area contributed by atoms with E-state index in [1.807, 2.05) is 0 Å². The second-order valence-corrected chi connectivity index (χ2v) is 7.13. The summed E-state index contributed by atoms with van der Waals surface area (Å²) >= 11 is 0. The van der Waals surface area contributed by atoms with Crippen LogP contribution in [0.2, 0.25) is 0 Å². The highest BCUT2D eigenvalue weighted by molar-refractivity contribution is 5.80. The summed E-state index contributed by atoms with van der Waals surface area (Å²) in [5.74, 6) is 1.31. The molecule has 0 N–H and O–H groups in total. The molecular formula is C19H25NO2. The van der Waals surface area contributed by atoms with Crippen LogP contribution in [0.3, 0.4) is 0 Å². The average Bonchev–Trinajstić information content (AvgIpc) is 2.84. The lowest BCUT2D eigenvalue weighted by Gasteiger charge is -2.38. The van der Waals surface area contributed by atoms with Gasteiger partial charge >= 0.3 is 0 Å². The molecule has 4 rings (SSSR count). The van der Waals surface area contributed by atoms with Crippen LogP contribution in [0.1, 0.15) is 50.0 Å². The van der Waals surface area contributed by atoms with E-state index in [1.54, 1.807) is 0 Å². The first-order valence-electron chi connectivity index (χ1n) is 8.78. The molecule has 2 atom stereocenters. The topological polar surface area (TPSA) is 29.5 Å². The van der Waals surface area contributed by atoms with Gasteiger partial charge in [0.2, 0.25) is 5.91 Å². The quantitative estimate of drug-likeness (QED) is 0.838. The summed E-state index contributed by atoms with van der Waals surface area (Å²) in [5, 5.41) is 0. The van der Waals surface area contributed by atoms with Crippen LogP contribution in [0.5, 0.6) is 0 Å². The Morgan fingerprint density at radius 2 is 1.55 bits per heavy atom. The minimum Gasteiger partial charge on any atom is -0.377 e. The number of amides is 1. The molecule has 2 saturated heterocycles. The monoisotopic (exact) mass is 299 g/mol. The predicted octanol–water partition coefficient (Wildman–Crippen LogP) is 3.35. The molecule has 1 aliphatic carbocycles. The van der Waals surface area contributed by atoms with Crippen LogP contribution in [0.15, 0.2) is 30.3 Å². The molecule has 118 valence electrons. The average molecular weight is 299 g/mol. The van der Waals surface area contributed by atoms with E-state index in [0.29, 0.717) is 23.9 Å². The van der Waals surface area contributed by atoms with Gasteiger partial charge in [-0.1, -0.05) is 30.3 Å². The fourth-order valence-corrected chi connectivity index (χ4v) is 4.60. The van der Waals surface area contributed by atoms with Gasteiger partial charge in [0.15, 0.2) is 0 Å². The molecule has 0 radical (unpaired) electrons. The number of ether oxygens (including phenoxy) is 1. The number of benzene rings is 1. The Bertz CT molecular complexity index is 505. The molecule has 2 bridgehead atoms. The van der Waals surface area contributed by atoms with Crippen molar-refractivity contribution < 1.29 is 9.53 Å². The van der Waals surface area contributed by atoms with E-state index in [0.717, 1.165) is 51.7 Å². The second-order valence-electron chi connectivity index (χ2n) is 7.13. The largest absolute Gasteiger partial charge is 0.377 e. The lowest BCUT2D eigenvalue weighted by Crippen LogP contribution is -2.51. The Morgan fingerprint density at radius 3 is 2.18 bits per heavy atom. The molecule has 1 amide bonds. The number of rotatable bonds is 2. The van der Waals surface area contributed by atoms with Crippen molar-refractivity contribution in [3.63, 3.8) is 0 Å². The van der Waals surface area contributed by atoms with E-state index >= 15 is 0 Å². The van der Waals surface area contributed by atoms with Gasteiger partial charge in [-0.2, -0.15) is 0 Å². The summed E-state index contributed by atoms with van der Waals surface area (Å²) < 4.78 is 5.61. The smallest absolute Gasteiger partial charge is 0.226 e. The predicted molar refractivity (Wildman–Crippen MR) is 85.6 cm³/mol. The SMILES string of the molecule is O=C(C1CCC(c2ccccc2)CC1)N1C2CCC1COC2. The van der Waals surface area contributed by atoms with Crippen molar-refractivity contribution in [2.45, 2.75) is 56.5 Å². The van der Waals surface area contributed by atoms with Crippen LogP contribution in [-0.4, -0.2) is 36.1 Å². The molecule has 2 heterocycles. The summed E-state index contributed by atoms with van der Waals surface area (Å²) in [4.78, 5) is 15.1. The van der Waals surface area contributed by atoms with Gasteiger partial charge in [-0.05, 0) is 50.0 Å². The van der Waals surface area contributed by atoms with Crippen LogP contribution in [0, 0.1) is 5.92 Å². The van der Waals surface area contributed by atoms with Gasteiger partial charge in [0.05, 0.1) is 25.3 Å². The molecule has 3 fully saturated rings. The van der Waals surface area contributed by atoms with Gasteiger partial charge in [0.25, 0.3) is 0 Å². The van der Waals surface area contributed by atoms with Gasteiger partial charge in [0, 0.05) is 5.92 Å². The van der Waals surface area contributed by atoms with Crippen LogP contribution in [-0.2, 0) is 9.53 Å². The lowest BCUT2D eigenvalue weighted by atomic mass is 9.78. The first kappa shape index (κ1) is 14.3. The van der Waals surface area contributed by atoms with Crippen LogP contribution >= 0.6 is 0 Å². The van der Waals surface area contributed by atoms with Gasteiger partial charge < -0.3 is 9.64 Å². The standard InChI is InChI=1S/C19H25NO2/c21-19(20-17-10-11-18(20)13-22-12-17)16-8-6-15(7-9-16)14-4-2-1-3-5-14/h1-5,15-18H,6-13H2. The van der Waals surface area contributed by atoms with E-state index in [-0.39, 0.29) is 5.92 Å². The molecule has 1 saturated carbocycles. The number of carbonyl (C=O) groups is 1. The Balaban J connectivity index is 1.38. The highest BCUT2D eigenvalue weighted by Crippen LogP contribution is 2.38. The van der Waals surface area contributed by atoms with Crippen LogP contribution in [0.25, 0.3) is 0 Å². The Kier molecular flexibility index (Phi) is 3.91. The normalized spacial score (nSPS) is 34.6. The first-order chi connectivity index (χ1) is 10.8. The maximum atomic E-state index is 12.9. The van der Waals surface area contributed by atoms with Gasteiger partial charge in [-0.3, -0.25) is 4.79 Å². The number of nitrogens with zero attached hydrogens (tertiary/aromatic N) is 1. The molecule has 3 nitrogen and oxygen atoms in total. The summed E-state index contributed by atoms with van der Waals surface area (Å²) in [6.07, 6.45) is 6.68. The third-order valence-electron chi connectivity index (χ3n) is 5.84. The van der Waals surface area contributed by atoms with Crippen LogP contribution in [0.4, 0.5) is 0 Å². The van der Waals surface area contributed by atoms with Gasteiger partial charge in [-0.25, -0.2) is 0 Å². The third-order valence-corrected chi connectivity index (χ3v) is 5.84. The maximum absolute atomic E-state index is 12.9. The number of hydrogen-bond donors (Lipinski definition) is 0. The Labute approximate surface area is 132 Å². The van der Waals surface area contributed by atoms with E-state index in [9.17, 15) is 4.79 Å². The number of carbonyl (C=O) groups excluding carboxylic acids is 1. The summed E-state index contributed by atoms with van der Waals surface area (Å²) in [7, 11) is 0. The number of morpholine rings is 1. The zero-order valence-corrected chi connectivity index (χ0v) is 13.1. The molecule has 2 unspecified atom stereocenters. The first-order valence-corrected chi connectivity index (χ1v) is 8.78. The van der Waals surface area contributed by atoms with Crippen molar-refractivity contribution in [3.8, 4) is 0 Å². The van der Waals surface area contributed by atoms with Crippen molar-refractivity contribution in [1.29, 1.82) is 0 Å². The maximum Gasteiger partial charge on any atom is 0.226 e. The zero-order valence-electron chi connectivity index (χ0n) is 13.1. The molecule has 3 aliphatic rings. The fraction of sp³-hybridized carbons (Fsp3) is 0.632. The highest BCUT2D eigenvalue weighted by atomic mass is 16.5. The zero-order chi connectivity index (χ0) is 14.9. The van der Waals surface area contributed by atoms with Crippen molar-refractivity contribution in [2.24, 2.45) is 5.92 Å². The highest BCUT2D eigenvalue weighted by Gasteiger charge is 2.42. The molecule has 1 aromatic carbocycles. The number of fused-ring (bicyclic) bond motifs is 2. The van der Waals surface area contributed by atoms with Crippen molar-refractivity contribution >= 4 is 5.91 Å². The lowest BCUT2D eigenvalue weighted by molar-refractivity contribution is -0.146. The summed E-state index contributed by atoms with van der Waals surface area (Å²) in [6, 6.07) is 11.5. The van der Waals surface area contributed by atoms with E-state index in [1.165, 1.54) is 5.56 Å². The summed E-state index contributed by atoms with van der Waals surface area (Å²) in [5.41, 5.74) is 1.44. The second kappa shape index (κ2) is 6.04. The summed E-state index contributed by atoms with van der Waals surface area (Å²) in [6.45, 7) is 1.50. The Morgan fingerprint density at radius 1 is 0.909 bits per heavy atom. The van der Waals surface area contributed by atoms with Gasteiger partial charge in [-0.15, -0.1) is 0 Å². The van der Waals surface area contributed by atoms with E-state index in [2.05, 4.69) is 35.2 Å². The van der Waals surface area contributed by atoms with Gasteiger partial charge in [0.1, 0.15) is 0 Å². The van der Waals surface area contributed by atoms with Crippen LogP contribution < -0.4 is 0 Å².